The van der Waals surface area contributed by atoms with Crippen LogP contribution < -0.4 is 10.6 Å². The smallest absolute Gasteiger partial charge is 0.113 e. The summed E-state index contributed by atoms with van der Waals surface area (Å²) in [4.78, 5) is 0. The van der Waals surface area contributed by atoms with E-state index in [1.165, 1.54) is 0 Å². The van der Waals surface area contributed by atoms with Gasteiger partial charge < -0.3 is 9.88 Å². The van der Waals surface area contributed by atoms with Crippen molar-refractivity contribution in [3.63, 3.8) is 0 Å². The SMILES string of the molecule is CSCCNCCP(C)(=O)c1ccccc1. The summed E-state index contributed by atoms with van der Waals surface area (Å²) in [5.41, 5.74) is 0. The molecular formula is C12H20NOPS. The molecule has 0 saturated carbocycles. The predicted molar refractivity (Wildman–Crippen MR) is 75.7 cm³/mol. The molecule has 4 heteroatoms. The maximum Gasteiger partial charge on any atom is 0.113 e. The Labute approximate surface area is 103 Å². The summed E-state index contributed by atoms with van der Waals surface area (Å²) in [6.45, 7) is 3.71. The second kappa shape index (κ2) is 7.16. The molecule has 0 radical (unpaired) electrons. The molecule has 0 amide bonds. The standard InChI is InChI=1S/C12H20NOPS/c1-15(14,10-8-13-9-11-16-2)12-6-4-3-5-7-12/h3-7,13H,8-11H2,1-2H3. The lowest BCUT2D eigenvalue weighted by Crippen LogP contribution is -2.22. The van der Waals surface area contributed by atoms with Crippen LogP contribution in [-0.2, 0) is 4.57 Å². The number of benzene rings is 1. The average Bonchev–Trinajstić information content (AvgIpc) is 2.30. The minimum Gasteiger partial charge on any atom is -0.319 e. The molecular weight excluding hydrogens is 237 g/mol. The average molecular weight is 257 g/mol. The van der Waals surface area contributed by atoms with Gasteiger partial charge in [-0.25, -0.2) is 0 Å². The molecule has 1 aromatic carbocycles. The summed E-state index contributed by atoms with van der Waals surface area (Å²) < 4.78 is 12.4. The predicted octanol–water partition coefficient (Wildman–Crippen LogP) is 2.26. The highest BCUT2D eigenvalue weighted by Crippen LogP contribution is 2.38. The normalized spacial score (nSPS) is 14.6. The van der Waals surface area contributed by atoms with Crippen LogP contribution in [0.15, 0.2) is 30.3 Å². The van der Waals surface area contributed by atoms with E-state index in [2.05, 4.69) is 11.6 Å². The molecule has 0 saturated heterocycles. The lowest BCUT2D eigenvalue weighted by Gasteiger charge is -2.13. The zero-order valence-corrected chi connectivity index (χ0v) is 11.7. The monoisotopic (exact) mass is 257 g/mol. The number of hydrogen-bond acceptors (Lipinski definition) is 3. The molecule has 0 aromatic heterocycles. The fourth-order valence-electron chi connectivity index (χ4n) is 1.46. The molecule has 1 unspecified atom stereocenters. The van der Waals surface area contributed by atoms with Gasteiger partial charge in [0.25, 0.3) is 0 Å². The minimum absolute atomic E-state index is 0.741. The number of rotatable bonds is 7. The van der Waals surface area contributed by atoms with Crippen molar-refractivity contribution in [1.82, 2.24) is 5.32 Å². The largest absolute Gasteiger partial charge is 0.319 e. The van der Waals surface area contributed by atoms with Gasteiger partial charge in [-0.2, -0.15) is 11.8 Å². The van der Waals surface area contributed by atoms with Gasteiger partial charge in [0.05, 0.1) is 0 Å². The Balaban J connectivity index is 2.38. The van der Waals surface area contributed by atoms with E-state index < -0.39 is 7.14 Å². The van der Waals surface area contributed by atoms with Gasteiger partial charge in [-0.1, -0.05) is 30.3 Å². The maximum atomic E-state index is 12.4. The van der Waals surface area contributed by atoms with Crippen LogP contribution >= 0.6 is 18.9 Å². The van der Waals surface area contributed by atoms with Crippen LogP contribution in [0.2, 0.25) is 0 Å². The first-order valence-corrected chi connectivity index (χ1v) is 9.22. The zero-order valence-electron chi connectivity index (χ0n) is 9.98. The fraction of sp³-hybridized carbons (Fsp3) is 0.500. The van der Waals surface area contributed by atoms with Crippen LogP contribution in [-0.4, -0.2) is 37.9 Å². The van der Waals surface area contributed by atoms with E-state index in [1.54, 1.807) is 0 Å². The first-order valence-electron chi connectivity index (χ1n) is 5.48. The van der Waals surface area contributed by atoms with Crippen LogP contribution in [0.5, 0.6) is 0 Å². The van der Waals surface area contributed by atoms with E-state index in [-0.39, 0.29) is 0 Å². The Morgan fingerprint density at radius 1 is 1.25 bits per heavy atom. The van der Waals surface area contributed by atoms with Crippen molar-refractivity contribution in [3.8, 4) is 0 Å². The Kier molecular flexibility index (Phi) is 6.18. The molecule has 1 rings (SSSR count). The quantitative estimate of drug-likeness (QED) is 0.600. The van der Waals surface area contributed by atoms with Gasteiger partial charge in [0, 0.05) is 30.3 Å². The third-order valence-corrected chi connectivity index (χ3v) is 5.58. The van der Waals surface area contributed by atoms with Crippen LogP contribution in [0.25, 0.3) is 0 Å². The number of thioether (sulfide) groups is 1. The molecule has 0 aliphatic carbocycles. The molecule has 0 heterocycles. The van der Waals surface area contributed by atoms with E-state index in [0.717, 1.165) is 30.3 Å². The highest BCUT2D eigenvalue weighted by Gasteiger charge is 2.16. The van der Waals surface area contributed by atoms with Gasteiger partial charge in [-0.3, -0.25) is 0 Å². The van der Waals surface area contributed by atoms with Gasteiger partial charge in [0.1, 0.15) is 7.14 Å². The van der Waals surface area contributed by atoms with E-state index in [4.69, 9.17) is 0 Å². The van der Waals surface area contributed by atoms with Gasteiger partial charge >= 0.3 is 0 Å². The van der Waals surface area contributed by atoms with E-state index in [9.17, 15) is 4.57 Å². The number of hydrogen-bond donors (Lipinski definition) is 1. The maximum absolute atomic E-state index is 12.4. The molecule has 2 nitrogen and oxygen atoms in total. The van der Waals surface area contributed by atoms with Crippen molar-refractivity contribution in [3.05, 3.63) is 30.3 Å². The Bertz CT molecular complexity index is 342. The fourth-order valence-corrected chi connectivity index (χ4v) is 3.46. The van der Waals surface area contributed by atoms with E-state index in [1.807, 2.05) is 48.8 Å². The van der Waals surface area contributed by atoms with E-state index in [0.29, 0.717) is 0 Å². The van der Waals surface area contributed by atoms with Crippen molar-refractivity contribution in [2.45, 2.75) is 0 Å². The Morgan fingerprint density at radius 2 is 1.94 bits per heavy atom. The minimum atomic E-state index is -2.16. The summed E-state index contributed by atoms with van der Waals surface area (Å²) in [6.07, 6.45) is 2.84. The second-order valence-corrected chi connectivity index (χ2v) is 8.05. The first kappa shape index (κ1) is 13.8. The third kappa shape index (κ3) is 4.73. The Morgan fingerprint density at radius 3 is 2.56 bits per heavy atom. The lowest BCUT2D eigenvalue weighted by atomic mass is 10.4. The van der Waals surface area contributed by atoms with Crippen LogP contribution in [0.3, 0.4) is 0 Å². The molecule has 0 fully saturated rings. The summed E-state index contributed by atoms with van der Waals surface area (Å²) in [7, 11) is -2.16. The number of nitrogens with one attached hydrogen (secondary N) is 1. The molecule has 1 aromatic rings. The van der Waals surface area contributed by atoms with Crippen molar-refractivity contribution in [2.75, 3.05) is 37.9 Å². The summed E-state index contributed by atoms with van der Waals surface area (Å²) >= 11 is 1.82. The van der Waals surface area contributed by atoms with Crippen LogP contribution in [0, 0.1) is 0 Å². The summed E-state index contributed by atoms with van der Waals surface area (Å²) in [5.74, 6) is 1.11. The second-order valence-electron chi connectivity index (χ2n) is 3.90. The molecule has 0 spiro atoms. The molecule has 16 heavy (non-hydrogen) atoms. The highest BCUT2D eigenvalue weighted by molar-refractivity contribution is 7.98. The molecule has 90 valence electrons. The highest BCUT2D eigenvalue weighted by atomic mass is 32.2. The Hall–Kier alpha value is -0.240. The third-order valence-electron chi connectivity index (χ3n) is 2.50. The first-order chi connectivity index (χ1) is 7.67. The molecule has 0 aliphatic heterocycles. The van der Waals surface area contributed by atoms with Gasteiger partial charge in [0.15, 0.2) is 0 Å². The topological polar surface area (TPSA) is 29.1 Å². The molecule has 1 atom stereocenters. The van der Waals surface area contributed by atoms with Gasteiger partial charge in [-0.15, -0.1) is 0 Å². The van der Waals surface area contributed by atoms with Gasteiger partial charge in [0.2, 0.25) is 0 Å². The van der Waals surface area contributed by atoms with Crippen LogP contribution in [0.4, 0.5) is 0 Å². The van der Waals surface area contributed by atoms with E-state index >= 15 is 0 Å². The molecule has 1 N–H and O–H groups in total. The summed E-state index contributed by atoms with van der Waals surface area (Å²) in [5, 5.41) is 4.31. The molecule has 0 bridgehead atoms. The van der Waals surface area contributed by atoms with Crippen LogP contribution in [0.1, 0.15) is 0 Å². The van der Waals surface area contributed by atoms with Gasteiger partial charge in [-0.05, 0) is 12.9 Å². The van der Waals surface area contributed by atoms with Crippen molar-refractivity contribution < 1.29 is 4.57 Å². The van der Waals surface area contributed by atoms with Crippen molar-refractivity contribution in [1.29, 1.82) is 0 Å². The lowest BCUT2D eigenvalue weighted by molar-refractivity contribution is 0.582. The zero-order chi connectivity index (χ0) is 11.9. The van der Waals surface area contributed by atoms with Crippen molar-refractivity contribution >= 4 is 24.2 Å². The summed E-state index contributed by atoms with van der Waals surface area (Å²) in [6, 6.07) is 9.78. The van der Waals surface area contributed by atoms with Crippen molar-refractivity contribution in [2.24, 2.45) is 0 Å². The molecule has 0 aliphatic rings.